The molecule has 31 heavy (non-hydrogen) atoms. The molecule has 3 rings (SSSR count). The van der Waals surface area contributed by atoms with Crippen molar-refractivity contribution in [2.24, 2.45) is 0 Å². The Balaban J connectivity index is 1.74. The van der Waals surface area contributed by atoms with Gasteiger partial charge in [0, 0.05) is 25.1 Å². The number of nitrogens with one attached hydrogen (secondary N) is 1. The van der Waals surface area contributed by atoms with Crippen LogP contribution < -0.4 is 5.32 Å². The smallest absolute Gasteiger partial charge is 0.407 e. The van der Waals surface area contributed by atoms with Crippen LogP contribution in [0.5, 0.6) is 0 Å². The van der Waals surface area contributed by atoms with Crippen LogP contribution in [0.4, 0.5) is 9.18 Å². The Morgan fingerprint density at radius 3 is 2.74 bits per heavy atom. The lowest BCUT2D eigenvalue weighted by Crippen LogP contribution is -2.43. The molecular formula is C23H30FN3O4. The maximum atomic E-state index is 14.2. The lowest BCUT2D eigenvalue weighted by atomic mass is 10.0. The van der Waals surface area contributed by atoms with Crippen molar-refractivity contribution in [2.45, 2.75) is 71.1 Å². The van der Waals surface area contributed by atoms with Gasteiger partial charge in [-0.3, -0.25) is 4.79 Å². The standard InChI is InChI=1S/C23H30FN3O4/c1-15-12-20(31-26-15)19-10-7-11-27(19)21(28)14-17(25-22(29)30-23(2,3)4)13-16-8-5-6-9-18(16)24/h5-6,8-9,12,17,19H,7,10-11,13-14H2,1-4H3,(H,25,29)/t17?,19-/m0/s1. The number of halogens is 1. The van der Waals surface area contributed by atoms with Gasteiger partial charge < -0.3 is 19.5 Å². The molecule has 2 atom stereocenters. The summed E-state index contributed by atoms with van der Waals surface area (Å²) in [5, 5.41) is 6.68. The highest BCUT2D eigenvalue weighted by Gasteiger charge is 2.34. The molecule has 7 nitrogen and oxygen atoms in total. The molecule has 2 aromatic rings. The maximum Gasteiger partial charge on any atom is 0.407 e. The van der Waals surface area contributed by atoms with Crippen LogP contribution in [0.2, 0.25) is 0 Å². The van der Waals surface area contributed by atoms with Gasteiger partial charge in [0.25, 0.3) is 0 Å². The fraction of sp³-hybridized carbons (Fsp3) is 0.522. The van der Waals surface area contributed by atoms with Crippen LogP contribution in [0.1, 0.15) is 63.1 Å². The van der Waals surface area contributed by atoms with Crippen LogP contribution >= 0.6 is 0 Å². The molecule has 1 aliphatic heterocycles. The zero-order chi connectivity index (χ0) is 22.6. The zero-order valence-electron chi connectivity index (χ0n) is 18.5. The summed E-state index contributed by atoms with van der Waals surface area (Å²) >= 11 is 0. The van der Waals surface area contributed by atoms with Crippen molar-refractivity contribution in [1.29, 1.82) is 0 Å². The molecule has 2 heterocycles. The van der Waals surface area contributed by atoms with Crippen molar-refractivity contribution in [3.8, 4) is 0 Å². The van der Waals surface area contributed by atoms with Crippen LogP contribution in [-0.4, -0.2) is 40.2 Å². The first-order chi connectivity index (χ1) is 14.6. The number of rotatable bonds is 6. The third-order valence-electron chi connectivity index (χ3n) is 5.11. The van der Waals surface area contributed by atoms with Gasteiger partial charge >= 0.3 is 6.09 Å². The van der Waals surface area contributed by atoms with Crippen molar-refractivity contribution in [1.82, 2.24) is 15.4 Å². The van der Waals surface area contributed by atoms with Crippen molar-refractivity contribution in [2.75, 3.05) is 6.54 Å². The Morgan fingerprint density at radius 2 is 2.10 bits per heavy atom. The number of hydrogen-bond donors (Lipinski definition) is 1. The number of ether oxygens (including phenoxy) is 1. The molecule has 1 fully saturated rings. The molecule has 1 unspecified atom stereocenters. The van der Waals surface area contributed by atoms with Gasteiger partial charge in [-0.2, -0.15) is 0 Å². The first kappa shape index (κ1) is 22.8. The predicted molar refractivity (Wildman–Crippen MR) is 113 cm³/mol. The van der Waals surface area contributed by atoms with E-state index in [0.29, 0.717) is 17.9 Å². The Kier molecular flexibility index (Phi) is 6.97. The quantitative estimate of drug-likeness (QED) is 0.737. The van der Waals surface area contributed by atoms with E-state index >= 15 is 0 Å². The topological polar surface area (TPSA) is 84.7 Å². The average Bonchev–Trinajstić information content (AvgIpc) is 3.30. The van der Waals surface area contributed by atoms with Gasteiger partial charge in [-0.25, -0.2) is 9.18 Å². The molecule has 168 valence electrons. The number of alkyl carbamates (subject to hydrolysis) is 1. The number of carbonyl (C=O) groups is 2. The van der Waals surface area contributed by atoms with E-state index in [0.717, 1.165) is 18.5 Å². The SMILES string of the molecule is Cc1cc([C@@H]2CCCN2C(=O)CC(Cc2ccccc2F)NC(=O)OC(C)(C)C)on1. The van der Waals surface area contributed by atoms with E-state index in [1.807, 2.05) is 13.0 Å². The molecule has 1 saturated heterocycles. The fourth-order valence-corrected chi connectivity index (χ4v) is 3.81. The maximum absolute atomic E-state index is 14.2. The summed E-state index contributed by atoms with van der Waals surface area (Å²) in [5.41, 5.74) is 0.513. The summed E-state index contributed by atoms with van der Waals surface area (Å²) in [7, 11) is 0. The molecule has 1 aromatic carbocycles. The Morgan fingerprint density at radius 1 is 1.35 bits per heavy atom. The number of nitrogens with zero attached hydrogens (tertiary/aromatic N) is 2. The Bertz CT molecular complexity index is 922. The number of aryl methyl sites for hydroxylation is 1. The van der Waals surface area contributed by atoms with Crippen molar-refractivity contribution in [3.05, 3.63) is 53.2 Å². The molecular weight excluding hydrogens is 401 g/mol. The third kappa shape index (κ3) is 6.29. The minimum Gasteiger partial charge on any atom is -0.444 e. The summed E-state index contributed by atoms with van der Waals surface area (Å²) in [4.78, 5) is 27.3. The van der Waals surface area contributed by atoms with E-state index in [9.17, 15) is 14.0 Å². The van der Waals surface area contributed by atoms with Crippen LogP contribution in [0.15, 0.2) is 34.9 Å². The molecule has 0 aliphatic carbocycles. The van der Waals surface area contributed by atoms with Crippen LogP contribution in [0.3, 0.4) is 0 Å². The first-order valence-electron chi connectivity index (χ1n) is 10.6. The molecule has 0 bridgehead atoms. The van der Waals surface area contributed by atoms with Gasteiger partial charge in [0.15, 0.2) is 5.76 Å². The number of aromatic nitrogens is 1. The second kappa shape index (κ2) is 9.49. The molecule has 1 N–H and O–H groups in total. The lowest BCUT2D eigenvalue weighted by molar-refractivity contribution is -0.133. The number of likely N-dealkylation sites (tertiary alicyclic amines) is 1. The van der Waals surface area contributed by atoms with E-state index in [-0.39, 0.29) is 30.6 Å². The van der Waals surface area contributed by atoms with Gasteiger partial charge in [-0.15, -0.1) is 0 Å². The van der Waals surface area contributed by atoms with Crippen LogP contribution in [0.25, 0.3) is 0 Å². The first-order valence-corrected chi connectivity index (χ1v) is 10.6. The zero-order valence-corrected chi connectivity index (χ0v) is 18.5. The van der Waals surface area contributed by atoms with Crippen molar-refractivity contribution in [3.63, 3.8) is 0 Å². The predicted octanol–water partition coefficient (Wildman–Crippen LogP) is 4.31. The van der Waals surface area contributed by atoms with Gasteiger partial charge in [-0.1, -0.05) is 23.4 Å². The van der Waals surface area contributed by atoms with Crippen molar-refractivity contribution >= 4 is 12.0 Å². The van der Waals surface area contributed by atoms with E-state index in [4.69, 9.17) is 9.26 Å². The number of amides is 2. The minimum atomic E-state index is -0.680. The molecule has 1 aromatic heterocycles. The highest BCUT2D eigenvalue weighted by molar-refractivity contribution is 5.78. The molecule has 2 amide bonds. The molecule has 0 radical (unpaired) electrons. The molecule has 8 heteroatoms. The van der Waals surface area contributed by atoms with Crippen LogP contribution in [-0.2, 0) is 16.0 Å². The highest BCUT2D eigenvalue weighted by atomic mass is 19.1. The summed E-state index contributed by atoms with van der Waals surface area (Å²) in [5.74, 6) is 0.158. The van der Waals surface area contributed by atoms with Crippen molar-refractivity contribution < 1.29 is 23.2 Å². The normalized spacial score (nSPS) is 17.5. The number of benzene rings is 1. The van der Waals surface area contributed by atoms with E-state index in [2.05, 4.69) is 10.5 Å². The molecule has 0 spiro atoms. The summed E-state index contributed by atoms with van der Waals surface area (Å²) in [6.07, 6.45) is 1.21. The number of hydrogen-bond acceptors (Lipinski definition) is 5. The molecule has 1 aliphatic rings. The minimum absolute atomic E-state index is 0.0250. The Hall–Kier alpha value is -2.90. The van der Waals surface area contributed by atoms with Crippen LogP contribution in [0, 0.1) is 12.7 Å². The van der Waals surface area contributed by atoms with E-state index in [1.54, 1.807) is 43.9 Å². The molecule has 0 saturated carbocycles. The summed E-state index contributed by atoms with van der Waals surface area (Å²) in [6.45, 7) is 7.72. The second-order valence-corrected chi connectivity index (χ2v) is 8.96. The number of carbonyl (C=O) groups excluding carboxylic acids is 2. The summed E-state index contributed by atoms with van der Waals surface area (Å²) in [6, 6.07) is 7.40. The lowest BCUT2D eigenvalue weighted by Gasteiger charge is -2.27. The average molecular weight is 432 g/mol. The second-order valence-electron chi connectivity index (χ2n) is 8.96. The summed E-state index contributed by atoms with van der Waals surface area (Å²) < 4.78 is 24.9. The monoisotopic (exact) mass is 431 g/mol. The third-order valence-corrected chi connectivity index (χ3v) is 5.11. The van der Waals surface area contributed by atoms with Gasteiger partial charge in [-0.05, 0) is 58.6 Å². The van der Waals surface area contributed by atoms with Gasteiger partial charge in [0.05, 0.1) is 11.7 Å². The van der Waals surface area contributed by atoms with E-state index in [1.165, 1.54) is 6.07 Å². The van der Waals surface area contributed by atoms with Gasteiger partial charge in [0.1, 0.15) is 11.4 Å². The largest absolute Gasteiger partial charge is 0.444 e. The Labute approximate surface area is 181 Å². The van der Waals surface area contributed by atoms with E-state index < -0.39 is 17.7 Å². The fourth-order valence-electron chi connectivity index (χ4n) is 3.81. The van der Waals surface area contributed by atoms with Gasteiger partial charge in [0.2, 0.25) is 5.91 Å². The highest BCUT2D eigenvalue weighted by Crippen LogP contribution is 2.33.